The van der Waals surface area contributed by atoms with Gasteiger partial charge in [-0.1, -0.05) is 18.2 Å². The Morgan fingerprint density at radius 3 is 2.89 bits per heavy atom. The van der Waals surface area contributed by atoms with Gasteiger partial charge in [0.1, 0.15) is 6.33 Å². The summed E-state index contributed by atoms with van der Waals surface area (Å²) < 4.78 is 6.67. The first kappa shape index (κ1) is 12.1. The Hall–Kier alpha value is -2.37. The number of carbonyl (C=O) groups is 1. The van der Waals surface area contributed by atoms with Gasteiger partial charge < -0.3 is 10.5 Å². The quantitative estimate of drug-likeness (QED) is 0.633. The highest BCUT2D eigenvalue weighted by Crippen LogP contribution is 2.11. The number of esters is 1. The fraction of sp³-hybridized carbons (Fsp3) is 0.250. The van der Waals surface area contributed by atoms with Gasteiger partial charge in [-0.25, -0.2) is 4.98 Å². The molecule has 94 valence electrons. The summed E-state index contributed by atoms with van der Waals surface area (Å²) in [6, 6.07) is 7.22. The second-order valence-corrected chi connectivity index (χ2v) is 3.84. The summed E-state index contributed by atoms with van der Waals surface area (Å²) in [5.74, 6) is 0.264. The van der Waals surface area contributed by atoms with E-state index in [9.17, 15) is 4.79 Å². The van der Waals surface area contributed by atoms with Gasteiger partial charge >= 0.3 is 5.97 Å². The Bertz CT molecular complexity index is 551. The number of aromatic nitrogens is 3. The van der Waals surface area contributed by atoms with E-state index in [0.717, 1.165) is 5.56 Å². The van der Waals surface area contributed by atoms with Crippen molar-refractivity contribution < 1.29 is 9.53 Å². The van der Waals surface area contributed by atoms with Gasteiger partial charge in [-0.3, -0.25) is 9.48 Å². The number of hydrogen-bond acceptors (Lipinski definition) is 5. The number of aryl methyl sites for hydroxylation is 1. The van der Waals surface area contributed by atoms with E-state index >= 15 is 0 Å². The number of rotatable bonds is 4. The first-order chi connectivity index (χ1) is 8.66. The largest absolute Gasteiger partial charge is 0.457 e. The van der Waals surface area contributed by atoms with E-state index in [1.165, 1.54) is 6.33 Å². The van der Waals surface area contributed by atoms with Gasteiger partial charge in [0, 0.05) is 12.7 Å². The maximum absolute atomic E-state index is 11.6. The van der Waals surface area contributed by atoms with E-state index in [4.69, 9.17) is 10.5 Å². The van der Waals surface area contributed by atoms with Crippen LogP contribution in [-0.2, 0) is 29.6 Å². The van der Waals surface area contributed by atoms with Gasteiger partial charge in [-0.2, -0.15) is 5.10 Å². The van der Waals surface area contributed by atoms with Crippen molar-refractivity contribution in [1.29, 1.82) is 0 Å². The predicted molar refractivity (Wildman–Crippen MR) is 65.4 cm³/mol. The molecular formula is C12H14N4O2. The molecule has 0 aliphatic rings. The minimum Gasteiger partial charge on any atom is -0.457 e. The number of para-hydroxylation sites is 1. The van der Waals surface area contributed by atoms with Crippen molar-refractivity contribution in [3.8, 4) is 0 Å². The molecule has 0 radical (unpaired) electrons. The second-order valence-electron chi connectivity index (χ2n) is 3.84. The van der Waals surface area contributed by atoms with Crippen molar-refractivity contribution in [2.45, 2.75) is 13.0 Å². The van der Waals surface area contributed by atoms with E-state index in [0.29, 0.717) is 11.5 Å². The van der Waals surface area contributed by atoms with Crippen molar-refractivity contribution in [2.24, 2.45) is 7.05 Å². The topological polar surface area (TPSA) is 83.0 Å². The monoisotopic (exact) mass is 246 g/mol. The van der Waals surface area contributed by atoms with Gasteiger partial charge in [-0.15, -0.1) is 0 Å². The standard InChI is InChI=1S/C12H14N4O2/c1-16-11(14-8-15-16)7-18-12(17)6-9-4-2-3-5-10(9)13/h2-5,8H,6-7,13H2,1H3. The Morgan fingerprint density at radius 2 is 2.22 bits per heavy atom. The maximum atomic E-state index is 11.6. The molecule has 0 spiro atoms. The van der Waals surface area contributed by atoms with E-state index in [1.807, 2.05) is 12.1 Å². The number of carbonyl (C=O) groups excluding carboxylic acids is 1. The van der Waals surface area contributed by atoms with Crippen molar-refractivity contribution in [3.63, 3.8) is 0 Å². The third kappa shape index (κ3) is 2.85. The number of ether oxygens (including phenoxy) is 1. The summed E-state index contributed by atoms with van der Waals surface area (Å²) in [5.41, 5.74) is 7.10. The average molecular weight is 246 g/mol. The molecule has 0 saturated carbocycles. The highest BCUT2D eigenvalue weighted by molar-refractivity contribution is 5.74. The third-order valence-electron chi connectivity index (χ3n) is 2.56. The van der Waals surface area contributed by atoms with E-state index in [-0.39, 0.29) is 19.0 Å². The molecule has 2 aromatic rings. The Kier molecular flexibility index (Phi) is 3.57. The lowest BCUT2D eigenvalue weighted by Gasteiger charge is -2.06. The van der Waals surface area contributed by atoms with Gasteiger partial charge in [0.05, 0.1) is 6.42 Å². The molecule has 18 heavy (non-hydrogen) atoms. The van der Waals surface area contributed by atoms with Crippen molar-refractivity contribution in [1.82, 2.24) is 14.8 Å². The summed E-state index contributed by atoms with van der Waals surface area (Å²) >= 11 is 0. The molecule has 0 amide bonds. The number of benzene rings is 1. The fourth-order valence-electron chi connectivity index (χ4n) is 1.50. The molecule has 0 saturated heterocycles. The molecule has 6 heteroatoms. The molecule has 2 rings (SSSR count). The molecule has 1 aromatic carbocycles. The van der Waals surface area contributed by atoms with Crippen LogP contribution in [0.1, 0.15) is 11.4 Å². The van der Waals surface area contributed by atoms with Crippen LogP contribution >= 0.6 is 0 Å². The minimum absolute atomic E-state index is 0.113. The van der Waals surface area contributed by atoms with E-state index in [1.54, 1.807) is 23.9 Å². The average Bonchev–Trinajstić information content (AvgIpc) is 2.75. The van der Waals surface area contributed by atoms with Gasteiger partial charge in [0.2, 0.25) is 0 Å². The van der Waals surface area contributed by atoms with Crippen LogP contribution in [-0.4, -0.2) is 20.7 Å². The van der Waals surface area contributed by atoms with Crippen LogP contribution in [0.3, 0.4) is 0 Å². The normalized spacial score (nSPS) is 10.3. The lowest BCUT2D eigenvalue weighted by Crippen LogP contribution is -2.11. The number of nitrogen functional groups attached to an aromatic ring is 1. The predicted octanol–water partition coefficient (Wildman–Crippen LogP) is 0.683. The lowest BCUT2D eigenvalue weighted by atomic mass is 10.1. The van der Waals surface area contributed by atoms with E-state index in [2.05, 4.69) is 10.1 Å². The summed E-state index contributed by atoms with van der Waals surface area (Å²) in [7, 11) is 1.74. The molecule has 0 aliphatic heterocycles. The molecule has 0 aliphatic carbocycles. The number of hydrogen-bond donors (Lipinski definition) is 1. The van der Waals surface area contributed by atoms with Crippen LogP contribution in [0.5, 0.6) is 0 Å². The van der Waals surface area contributed by atoms with Gasteiger partial charge in [-0.05, 0) is 11.6 Å². The van der Waals surface area contributed by atoms with Crippen LogP contribution in [0, 0.1) is 0 Å². The zero-order chi connectivity index (χ0) is 13.0. The number of nitrogens with two attached hydrogens (primary N) is 1. The molecule has 1 heterocycles. The number of anilines is 1. The zero-order valence-corrected chi connectivity index (χ0v) is 10.0. The first-order valence-electron chi connectivity index (χ1n) is 5.48. The summed E-state index contributed by atoms with van der Waals surface area (Å²) in [6.45, 7) is 0.113. The van der Waals surface area contributed by atoms with Crippen LogP contribution in [0.15, 0.2) is 30.6 Å². The Morgan fingerprint density at radius 1 is 1.44 bits per heavy atom. The minimum atomic E-state index is -0.337. The van der Waals surface area contributed by atoms with Crippen molar-refractivity contribution in [2.75, 3.05) is 5.73 Å². The summed E-state index contributed by atoms with van der Waals surface area (Å²) in [4.78, 5) is 15.6. The molecule has 0 atom stereocenters. The number of nitrogens with zero attached hydrogens (tertiary/aromatic N) is 3. The molecule has 0 bridgehead atoms. The zero-order valence-electron chi connectivity index (χ0n) is 10.0. The molecule has 6 nitrogen and oxygen atoms in total. The first-order valence-corrected chi connectivity index (χ1v) is 5.48. The second kappa shape index (κ2) is 5.31. The Balaban J connectivity index is 1.90. The van der Waals surface area contributed by atoms with Crippen molar-refractivity contribution in [3.05, 3.63) is 42.0 Å². The summed E-state index contributed by atoms with van der Waals surface area (Å²) in [6.07, 6.45) is 1.57. The maximum Gasteiger partial charge on any atom is 0.310 e. The van der Waals surface area contributed by atoms with Gasteiger partial charge in [0.25, 0.3) is 0 Å². The third-order valence-corrected chi connectivity index (χ3v) is 2.56. The van der Waals surface area contributed by atoms with Gasteiger partial charge in [0.15, 0.2) is 12.4 Å². The van der Waals surface area contributed by atoms with Crippen LogP contribution < -0.4 is 5.73 Å². The van der Waals surface area contributed by atoms with Crippen LogP contribution in [0.2, 0.25) is 0 Å². The molecule has 1 aromatic heterocycles. The van der Waals surface area contributed by atoms with Crippen molar-refractivity contribution >= 4 is 11.7 Å². The Labute approximate surface area is 104 Å². The lowest BCUT2D eigenvalue weighted by molar-refractivity contribution is -0.144. The van der Waals surface area contributed by atoms with Crippen LogP contribution in [0.4, 0.5) is 5.69 Å². The summed E-state index contributed by atoms with van der Waals surface area (Å²) in [5, 5.41) is 3.89. The SMILES string of the molecule is Cn1ncnc1COC(=O)Cc1ccccc1N. The molecule has 0 fully saturated rings. The highest BCUT2D eigenvalue weighted by atomic mass is 16.5. The molecule has 2 N–H and O–H groups in total. The highest BCUT2D eigenvalue weighted by Gasteiger charge is 2.09. The van der Waals surface area contributed by atoms with Crippen LogP contribution in [0.25, 0.3) is 0 Å². The molecular weight excluding hydrogens is 232 g/mol. The smallest absolute Gasteiger partial charge is 0.310 e. The molecule has 0 unspecified atom stereocenters. The fourth-order valence-corrected chi connectivity index (χ4v) is 1.50. The van der Waals surface area contributed by atoms with E-state index < -0.39 is 0 Å².